The molecule has 0 N–H and O–H groups in total. The normalized spacial score (nSPS) is 18.4. The van der Waals surface area contributed by atoms with E-state index in [1.165, 1.54) is 66.8 Å². The Labute approximate surface area is 352 Å². The summed E-state index contributed by atoms with van der Waals surface area (Å²) < 4.78 is 5.20. The molecule has 0 saturated carbocycles. The zero-order valence-electron chi connectivity index (χ0n) is 35.3. The maximum absolute atomic E-state index is 2.97. The molecule has 1 atom stereocenters. The van der Waals surface area contributed by atoms with Crippen molar-refractivity contribution in [2.24, 2.45) is 11.3 Å². The van der Waals surface area contributed by atoms with E-state index in [4.69, 9.17) is 0 Å². The Morgan fingerprint density at radius 3 is 1.73 bits per heavy atom. The van der Waals surface area contributed by atoms with Gasteiger partial charge in [-0.05, 0) is 0 Å². The fourth-order valence-electron chi connectivity index (χ4n) is 10.5. The first-order valence-electron chi connectivity index (χ1n) is 20.0. The number of benzene rings is 4. The van der Waals surface area contributed by atoms with Crippen LogP contribution in [0.5, 0.6) is 0 Å². The first-order chi connectivity index (χ1) is 24.9. The molecule has 0 bridgehead atoms. The molecule has 0 heterocycles. The first-order valence-corrected chi connectivity index (χ1v) is 23.7. The number of aryl methyl sites for hydroxylation is 2. The molecule has 3 heteroatoms. The van der Waals surface area contributed by atoms with Crippen molar-refractivity contribution >= 4 is 14.4 Å². The van der Waals surface area contributed by atoms with Crippen molar-refractivity contribution in [2.45, 2.75) is 114 Å². The van der Waals surface area contributed by atoms with Crippen LogP contribution in [-0.2, 0) is 38.5 Å². The molecule has 55 heavy (non-hydrogen) atoms. The SMILES string of the molecule is CCC1=[C]([Zr+2]([C]2=C(C)c3cc4c(cc3C2(C)C)Cc2cc3c(cc2-4)C(C)=CC3(C)C)=[C](c2ccc(C)cc2)c2ccc(C)cc2)C(C)C=C1C(C)(C)C.[Cl-].[Cl-]. The van der Waals surface area contributed by atoms with Gasteiger partial charge in [-0.3, -0.25) is 0 Å². The molecule has 0 radical (unpaired) electrons. The number of allylic oxidation sites excluding steroid dienone is 8. The second-order valence-corrected chi connectivity index (χ2v) is 24.4. The smallest absolute Gasteiger partial charge is 1.00 e. The summed E-state index contributed by atoms with van der Waals surface area (Å²) in [6.07, 6.45) is 7.23. The molecule has 4 aromatic carbocycles. The summed E-state index contributed by atoms with van der Waals surface area (Å²) in [5.41, 5.74) is 23.7. The van der Waals surface area contributed by atoms with Crippen molar-refractivity contribution < 1.29 is 46.1 Å². The van der Waals surface area contributed by atoms with Gasteiger partial charge >= 0.3 is 330 Å². The van der Waals surface area contributed by atoms with Crippen LogP contribution >= 0.6 is 0 Å². The van der Waals surface area contributed by atoms with Gasteiger partial charge in [0.1, 0.15) is 0 Å². The minimum absolute atomic E-state index is 0. The van der Waals surface area contributed by atoms with E-state index < -0.39 is 21.3 Å². The third-order valence-corrected chi connectivity index (χ3v) is 22.6. The number of hydrogen-bond acceptors (Lipinski definition) is 0. The van der Waals surface area contributed by atoms with Crippen molar-refractivity contribution in [2.75, 3.05) is 0 Å². The van der Waals surface area contributed by atoms with Gasteiger partial charge < -0.3 is 24.8 Å². The second kappa shape index (κ2) is 14.5. The van der Waals surface area contributed by atoms with Crippen LogP contribution in [0.15, 0.2) is 103 Å². The number of fused-ring (bicyclic) bond motifs is 5. The number of rotatable bonds is 5. The van der Waals surface area contributed by atoms with E-state index in [1.807, 2.05) is 0 Å². The molecule has 0 aromatic heterocycles. The molecule has 0 aliphatic heterocycles. The molecule has 4 aliphatic carbocycles. The van der Waals surface area contributed by atoms with Crippen molar-refractivity contribution in [1.29, 1.82) is 0 Å². The van der Waals surface area contributed by atoms with Gasteiger partial charge in [-0.25, -0.2) is 0 Å². The Balaban J connectivity index is 0.00000257. The minimum Gasteiger partial charge on any atom is -1.00 e. The topological polar surface area (TPSA) is 0 Å². The number of hydrogen-bond donors (Lipinski definition) is 0. The van der Waals surface area contributed by atoms with Crippen LogP contribution in [-0.4, -0.2) is 3.21 Å². The van der Waals surface area contributed by atoms with Crippen molar-refractivity contribution in [3.05, 3.63) is 158 Å². The molecule has 8 rings (SSSR count). The maximum atomic E-state index is 2.66. The van der Waals surface area contributed by atoms with Crippen LogP contribution in [0.3, 0.4) is 0 Å². The first kappa shape index (κ1) is 41.8. The van der Waals surface area contributed by atoms with Gasteiger partial charge in [0.05, 0.1) is 0 Å². The van der Waals surface area contributed by atoms with Crippen LogP contribution in [0.4, 0.5) is 0 Å². The largest absolute Gasteiger partial charge is 1.00 e. The molecular formula is C52H58Cl2Zr. The third-order valence-electron chi connectivity index (χ3n) is 13.1. The Morgan fingerprint density at radius 1 is 0.709 bits per heavy atom. The maximum Gasteiger partial charge on any atom is -1.00 e. The fraction of sp³-hybridized carbons (Fsp3) is 0.365. The number of halogens is 2. The molecular weight excluding hydrogens is 787 g/mol. The Hall–Kier alpha value is -2.83. The quantitative estimate of drug-likeness (QED) is 0.170. The predicted molar refractivity (Wildman–Crippen MR) is 227 cm³/mol. The van der Waals surface area contributed by atoms with Crippen LogP contribution < -0.4 is 24.8 Å². The second-order valence-electron chi connectivity index (χ2n) is 18.8. The fourth-order valence-corrected chi connectivity index (χ4v) is 20.6. The van der Waals surface area contributed by atoms with Gasteiger partial charge in [0.15, 0.2) is 0 Å². The zero-order valence-corrected chi connectivity index (χ0v) is 39.3. The van der Waals surface area contributed by atoms with Crippen LogP contribution in [0.1, 0.15) is 138 Å². The van der Waals surface area contributed by atoms with Gasteiger partial charge in [-0.15, -0.1) is 0 Å². The van der Waals surface area contributed by atoms with Gasteiger partial charge in [0.25, 0.3) is 0 Å². The van der Waals surface area contributed by atoms with Gasteiger partial charge in [0.2, 0.25) is 0 Å². The van der Waals surface area contributed by atoms with E-state index in [2.05, 4.69) is 175 Å². The molecule has 0 amide bonds. The molecule has 4 aromatic rings. The van der Waals surface area contributed by atoms with E-state index in [9.17, 15) is 0 Å². The molecule has 0 saturated heterocycles. The Morgan fingerprint density at radius 2 is 1.22 bits per heavy atom. The summed E-state index contributed by atoms with van der Waals surface area (Å²) in [6, 6.07) is 29.4. The standard InChI is InChI=1S/C25H25.C15H14.C12H19.2ClH.Zr/c1-14-12-24(3,4)22-8-16-7-17-9-23-19(15(2)13-25(23,5)6)11-21(17)20(16)10-18(14)22;1-12-3-7-14(8-4-12)11-15-9-5-13(2)6-10-15;1-6-10-7-9(2)8-11(10)12(3,4)5;;;/h8-12H,7H2,1-6H3;3-10H,1-2H3;8-9H,6H2,1-5H3;2*1H;/q;;;;;+2/p-2. The molecule has 0 nitrogen and oxygen atoms in total. The summed E-state index contributed by atoms with van der Waals surface area (Å²) in [5, 5.41) is 0. The predicted octanol–water partition coefficient (Wildman–Crippen LogP) is 7.77. The zero-order chi connectivity index (χ0) is 37.9. The van der Waals surface area contributed by atoms with Gasteiger partial charge in [0, 0.05) is 0 Å². The molecule has 284 valence electrons. The summed E-state index contributed by atoms with van der Waals surface area (Å²) in [5.74, 6) is 0.429. The van der Waals surface area contributed by atoms with Gasteiger partial charge in [-0.1, -0.05) is 0 Å². The summed E-state index contributed by atoms with van der Waals surface area (Å²) in [7, 11) is 0. The van der Waals surface area contributed by atoms with Crippen LogP contribution in [0.2, 0.25) is 0 Å². The van der Waals surface area contributed by atoms with E-state index >= 15 is 0 Å². The third kappa shape index (κ3) is 6.67. The van der Waals surface area contributed by atoms with Crippen molar-refractivity contribution in [3.8, 4) is 11.1 Å². The van der Waals surface area contributed by atoms with Gasteiger partial charge in [-0.2, -0.15) is 0 Å². The van der Waals surface area contributed by atoms with Crippen molar-refractivity contribution in [1.82, 2.24) is 0 Å². The van der Waals surface area contributed by atoms with E-state index in [0.29, 0.717) is 5.92 Å². The molecule has 0 spiro atoms. The van der Waals surface area contributed by atoms with E-state index in [1.54, 1.807) is 32.1 Å². The van der Waals surface area contributed by atoms with Crippen LogP contribution in [0, 0.1) is 25.2 Å². The minimum atomic E-state index is -2.97. The van der Waals surface area contributed by atoms with Crippen LogP contribution in [0.25, 0.3) is 22.3 Å². The average molecular weight is 845 g/mol. The van der Waals surface area contributed by atoms with E-state index in [-0.39, 0.29) is 41.1 Å². The summed E-state index contributed by atoms with van der Waals surface area (Å²) in [6.45, 7) is 31.3. The molecule has 0 fully saturated rings. The van der Waals surface area contributed by atoms with E-state index in [0.717, 1.165) is 12.8 Å². The average Bonchev–Trinajstić information content (AvgIpc) is 3.75. The Bertz CT molecular complexity index is 2350. The molecule has 1 unspecified atom stereocenters. The summed E-state index contributed by atoms with van der Waals surface area (Å²) in [4.78, 5) is 0. The summed E-state index contributed by atoms with van der Waals surface area (Å²) >= 11 is -2.97. The molecule has 4 aliphatic rings. The Kier molecular flexibility index (Phi) is 11.0. The van der Waals surface area contributed by atoms with Crippen molar-refractivity contribution in [3.63, 3.8) is 0 Å². The monoisotopic (exact) mass is 842 g/mol.